The van der Waals surface area contributed by atoms with Crippen molar-refractivity contribution in [1.82, 2.24) is 10.6 Å². The Morgan fingerprint density at radius 3 is 2.29 bits per heavy atom. The molecule has 1 aromatic carbocycles. The summed E-state index contributed by atoms with van der Waals surface area (Å²) in [6, 6.07) is 4.94. The molecule has 3 amide bonds. The summed E-state index contributed by atoms with van der Waals surface area (Å²) in [5.41, 5.74) is 5.56. The average Bonchev–Trinajstić information content (AvgIpc) is 2.35. The molecule has 0 fully saturated rings. The van der Waals surface area contributed by atoms with E-state index < -0.39 is 30.7 Å². The van der Waals surface area contributed by atoms with Crippen LogP contribution in [-0.4, -0.2) is 24.7 Å². The molecule has 0 aliphatic carbocycles. The first-order valence-corrected chi connectivity index (χ1v) is 6.61. The van der Waals surface area contributed by atoms with Crippen molar-refractivity contribution >= 4 is 27.9 Å². The molecule has 0 radical (unpaired) electrons. The van der Waals surface area contributed by atoms with Crippen LogP contribution in [0.5, 0.6) is 0 Å². The lowest BCUT2D eigenvalue weighted by Crippen LogP contribution is -2.39. The van der Waals surface area contributed by atoms with Gasteiger partial charge in [0.05, 0.1) is 12.5 Å². The van der Waals surface area contributed by atoms with E-state index in [-0.39, 0.29) is 6.42 Å². The fraction of sp³-hybridized carbons (Fsp3) is 0.333. The van der Waals surface area contributed by atoms with Crippen LogP contribution >= 0.6 is 15.9 Å². The lowest BCUT2D eigenvalue weighted by Gasteiger charge is -2.18. The molecule has 116 valence electrons. The molecule has 0 spiro atoms. The van der Waals surface area contributed by atoms with Crippen LogP contribution in [0.2, 0.25) is 0 Å². The van der Waals surface area contributed by atoms with E-state index in [1.165, 1.54) is 0 Å². The summed E-state index contributed by atoms with van der Waals surface area (Å²) in [5.74, 6) is -0.839. The molecule has 4 N–H and O–H groups in total. The van der Waals surface area contributed by atoms with Crippen LogP contribution in [-0.2, 0) is 4.79 Å². The van der Waals surface area contributed by atoms with Gasteiger partial charge in [0.15, 0.2) is 0 Å². The van der Waals surface area contributed by atoms with Crippen molar-refractivity contribution in [3.63, 3.8) is 0 Å². The van der Waals surface area contributed by atoms with Gasteiger partial charge in [-0.3, -0.25) is 4.79 Å². The zero-order valence-corrected chi connectivity index (χ0v) is 12.3. The van der Waals surface area contributed by atoms with Gasteiger partial charge >= 0.3 is 12.2 Å². The SMILES string of the molecule is NC(=O)NC(CC(=O)NCC(F)(F)F)c1ccc(Br)cc1. The lowest BCUT2D eigenvalue weighted by molar-refractivity contribution is -0.138. The third kappa shape index (κ3) is 6.98. The molecule has 21 heavy (non-hydrogen) atoms. The minimum atomic E-state index is -4.49. The smallest absolute Gasteiger partial charge is 0.352 e. The fourth-order valence-corrected chi connectivity index (χ4v) is 1.84. The molecule has 0 aromatic heterocycles. The van der Waals surface area contributed by atoms with Crippen LogP contribution in [0.4, 0.5) is 18.0 Å². The monoisotopic (exact) mass is 367 g/mol. The molecule has 1 rings (SSSR count). The van der Waals surface area contributed by atoms with Crippen LogP contribution in [0.3, 0.4) is 0 Å². The molecule has 0 bridgehead atoms. The summed E-state index contributed by atoms with van der Waals surface area (Å²) >= 11 is 3.23. The van der Waals surface area contributed by atoms with Crippen molar-refractivity contribution in [3.8, 4) is 0 Å². The summed E-state index contributed by atoms with van der Waals surface area (Å²) < 4.78 is 36.8. The van der Waals surface area contributed by atoms with Gasteiger partial charge in [-0.1, -0.05) is 28.1 Å². The number of hydrogen-bond donors (Lipinski definition) is 3. The van der Waals surface area contributed by atoms with E-state index >= 15 is 0 Å². The molecule has 0 aliphatic rings. The molecule has 0 saturated carbocycles. The second-order valence-corrected chi connectivity index (χ2v) is 5.12. The van der Waals surface area contributed by atoms with Crippen molar-refractivity contribution in [3.05, 3.63) is 34.3 Å². The summed E-state index contributed by atoms with van der Waals surface area (Å²) in [5, 5.41) is 4.07. The minimum absolute atomic E-state index is 0.347. The fourth-order valence-electron chi connectivity index (χ4n) is 1.58. The first-order chi connectivity index (χ1) is 9.67. The van der Waals surface area contributed by atoms with Crippen LogP contribution in [0.25, 0.3) is 0 Å². The highest BCUT2D eigenvalue weighted by molar-refractivity contribution is 9.10. The Morgan fingerprint density at radius 1 is 1.24 bits per heavy atom. The van der Waals surface area contributed by atoms with Crippen LogP contribution < -0.4 is 16.4 Å². The van der Waals surface area contributed by atoms with E-state index in [1.54, 1.807) is 29.6 Å². The Morgan fingerprint density at radius 2 is 1.81 bits per heavy atom. The molecular weight excluding hydrogens is 355 g/mol. The predicted octanol–water partition coefficient (Wildman–Crippen LogP) is 2.23. The number of carbonyl (C=O) groups is 2. The van der Waals surface area contributed by atoms with Crippen molar-refractivity contribution < 1.29 is 22.8 Å². The van der Waals surface area contributed by atoms with Gasteiger partial charge in [-0.15, -0.1) is 0 Å². The van der Waals surface area contributed by atoms with Crippen molar-refractivity contribution in [2.45, 2.75) is 18.6 Å². The molecule has 5 nitrogen and oxygen atoms in total. The molecule has 0 heterocycles. The number of hydrogen-bond acceptors (Lipinski definition) is 2. The number of nitrogens with two attached hydrogens (primary N) is 1. The molecular formula is C12H13BrF3N3O2. The van der Waals surface area contributed by atoms with Crippen molar-refractivity contribution in [1.29, 1.82) is 0 Å². The van der Waals surface area contributed by atoms with Gasteiger partial charge in [0.1, 0.15) is 6.54 Å². The number of primary amides is 1. The highest BCUT2D eigenvalue weighted by atomic mass is 79.9. The maximum absolute atomic E-state index is 12.0. The standard InChI is InChI=1S/C12H13BrF3N3O2/c13-8-3-1-7(2-4-8)9(19-11(17)21)5-10(20)18-6-12(14,15)16/h1-4,9H,5-6H2,(H,18,20)(H3,17,19,21). The number of alkyl halides is 3. The molecule has 0 saturated heterocycles. The molecule has 0 aliphatic heterocycles. The van der Waals surface area contributed by atoms with Gasteiger partial charge in [-0.25, -0.2) is 4.79 Å². The predicted molar refractivity (Wildman–Crippen MR) is 73.3 cm³/mol. The Bertz CT molecular complexity index is 505. The summed E-state index contributed by atoms with van der Waals surface area (Å²) in [7, 11) is 0. The van der Waals surface area contributed by atoms with Gasteiger partial charge < -0.3 is 16.4 Å². The topological polar surface area (TPSA) is 84.2 Å². The van der Waals surface area contributed by atoms with Crippen molar-refractivity contribution in [2.75, 3.05) is 6.54 Å². The lowest BCUT2D eigenvalue weighted by atomic mass is 10.0. The zero-order chi connectivity index (χ0) is 16.0. The van der Waals surface area contributed by atoms with Gasteiger partial charge in [0.2, 0.25) is 5.91 Å². The second-order valence-electron chi connectivity index (χ2n) is 4.21. The van der Waals surface area contributed by atoms with E-state index in [0.717, 1.165) is 4.47 Å². The summed E-state index contributed by atoms with van der Waals surface area (Å²) in [6.07, 6.45) is -4.83. The van der Waals surface area contributed by atoms with E-state index in [0.29, 0.717) is 5.56 Å². The Balaban J connectivity index is 2.72. The molecule has 1 atom stereocenters. The van der Waals surface area contributed by atoms with Gasteiger partial charge in [-0.05, 0) is 17.7 Å². The highest BCUT2D eigenvalue weighted by Gasteiger charge is 2.28. The maximum atomic E-state index is 12.0. The number of rotatable bonds is 5. The average molecular weight is 368 g/mol. The Kier molecular flexibility index (Phi) is 6.01. The summed E-state index contributed by atoms with van der Waals surface area (Å²) in [4.78, 5) is 22.4. The number of carbonyl (C=O) groups excluding carboxylic acids is 2. The van der Waals surface area contributed by atoms with E-state index in [4.69, 9.17) is 5.73 Å². The second kappa shape index (κ2) is 7.30. The quantitative estimate of drug-likeness (QED) is 0.745. The van der Waals surface area contributed by atoms with Crippen LogP contribution in [0.1, 0.15) is 18.0 Å². The number of halogens is 4. The Hall–Kier alpha value is -1.77. The number of amides is 3. The first kappa shape index (κ1) is 17.3. The van der Waals surface area contributed by atoms with Gasteiger partial charge in [-0.2, -0.15) is 13.2 Å². The van der Waals surface area contributed by atoms with E-state index in [2.05, 4.69) is 21.2 Å². The number of benzene rings is 1. The number of nitrogens with one attached hydrogen (secondary N) is 2. The van der Waals surface area contributed by atoms with Crippen LogP contribution in [0.15, 0.2) is 28.7 Å². The van der Waals surface area contributed by atoms with E-state index in [1.807, 2.05) is 0 Å². The third-order valence-electron chi connectivity index (χ3n) is 2.46. The first-order valence-electron chi connectivity index (χ1n) is 5.82. The van der Waals surface area contributed by atoms with Crippen molar-refractivity contribution in [2.24, 2.45) is 5.73 Å². The normalized spacial score (nSPS) is 12.6. The minimum Gasteiger partial charge on any atom is -0.352 e. The number of urea groups is 1. The molecule has 1 aromatic rings. The highest BCUT2D eigenvalue weighted by Crippen LogP contribution is 2.20. The maximum Gasteiger partial charge on any atom is 0.405 e. The van der Waals surface area contributed by atoms with Gasteiger partial charge in [0, 0.05) is 4.47 Å². The molecule has 1 unspecified atom stereocenters. The molecule has 9 heteroatoms. The Labute approximate surface area is 127 Å². The zero-order valence-electron chi connectivity index (χ0n) is 10.7. The largest absolute Gasteiger partial charge is 0.405 e. The van der Waals surface area contributed by atoms with Gasteiger partial charge in [0.25, 0.3) is 0 Å². The summed E-state index contributed by atoms with van der Waals surface area (Å²) in [6.45, 7) is -1.42. The van der Waals surface area contributed by atoms with Crippen LogP contribution in [0, 0.1) is 0 Å². The third-order valence-corrected chi connectivity index (χ3v) is 2.99. The van der Waals surface area contributed by atoms with E-state index in [9.17, 15) is 22.8 Å².